The van der Waals surface area contributed by atoms with Gasteiger partial charge in [0, 0.05) is 23.9 Å². The molecule has 0 radical (unpaired) electrons. The maximum atomic E-state index is 9.64. The Morgan fingerprint density at radius 1 is 1.06 bits per heavy atom. The fourth-order valence-corrected chi connectivity index (χ4v) is 1.81. The van der Waals surface area contributed by atoms with Crippen LogP contribution in [0.25, 0.3) is 0 Å². The molecule has 0 spiro atoms. The summed E-state index contributed by atoms with van der Waals surface area (Å²) in [5.41, 5.74) is 3.84. The van der Waals surface area contributed by atoms with Crippen LogP contribution in [0.15, 0.2) is 42.5 Å². The quantitative estimate of drug-likeness (QED) is 0.774. The van der Waals surface area contributed by atoms with E-state index in [1.54, 1.807) is 12.1 Å². The summed E-state index contributed by atoms with van der Waals surface area (Å²) in [5, 5.41) is 21.9. The van der Waals surface area contributed by atoms with E-state index in [0.717, 1.165) is 5.69 Å². The Labute approximate surface area is 107 Å². The minimum Gasteiger partial charge on any atom is -0.508 e. The zero-order valence-electron chi connectivity index (χ0n) is 10.4. The lowest BCUT2D eigenvalue weighted by Gasteiger charge is -2.10. The molecule has 0 aromatic heterocycles. The van der Waals surface area contributed by atoms with Crippen LogP contribution in [0.4, 0.5) is 5.69 Å². The van der Waals surface area contributed by atoms with Gasteiger partial charge >= 0.3 is 0 Å². The van der Waals surface area contributed by atoms with E-state index >= 15 is 0 Å². The van der Waals surface area contributed by atoms with Gasteiger partial charge in [-0.1, -0.05) is 30.3 Å². The number of anilines is 1. The summed E-state index contributed by atoms with van der Waals surface area (Å²) in [6, 6.07) is 13.4. The molecule has 2 aromatic rings. The van der Waals surface area contributed by atoms with E-state index < -0.39 is 0 Å². The zero-order chi connectivity index (χ0) is 13.0. The first-order chi connectivity index (χ1) is 8.70. The third-order valence-electron chi connectivity index (χ3n) is 3.00. The highest BCUT2D eigenvalue weighted by molar-refractivity contribution is 5.51. The second-order valence-corrected chi connectivity index (χ2v) is 4.28. The average Bonchev–Trinajstić information content (AvgIpc) is 2.38. The molecule has 2 rings (SSSR count). The number of nitrogens with one attached hydrogen (secondary N) is 1. The largest absolute Gasteiger partial charge is 0.508 e. The van der Waals surface area contributed by atoms with Crippen molar-refractivity contribution < 1.29 is 10.2 Å². The Morgan fingerprint density at radius 3 is 2.50 bits per heavy atom. The van der Waals surface area contributed by atoms with Gasteiger partial charge in [0.25, 0.3) is 0 Å². The van der Waals surface area contributed by atoms with Crippen molar-refractivity contribution in [2.75, 3.05) is 5.32 Å². The lowest BCUT2D eigenvalue weighted by atomic mass is 10.1. The molecule has 2 aromatic carbocycles. The molecule has 0 bridgehead atoms. The van der Waals surface area contributed by atoms with Crippen LogP contribution in [0.2, 0.25) is 0 Å². The molecule has 94 valence electrons. The first-order valence-electron chi connectivity index (χ1n) is 5.92. The van der Waals surface area contributed by atoms with Crippen molar-refractivity contribution in [3.05, 3.63) is 59.2 Å². The van der Waals surface area contributed by atoms with E-state index in [-0.39, 0.29) is 12.4 Å². The molecular weight excluding hydrogens is 226 g/mol. The first kappa shape index (κ1) is 12.5. The number of aliphatic hydroxyl groups excluding tert-OH is 1. The number of aromatic hydroxyl groups is 1. The Morgan fingerprint density at radius 2 is 1.83 bits per heavy atom. The van der Waals surface area contributed by atoms with Crippen molar-refractivity contribution in [3.8, 4) is 5.75 Å². The van der Waals surface area contributed by atoms with E-state index in [0.29, 0.717) is 12.1 Å². The second-order valence-electron chi connectivity index (χ2n) is 4.28. The monoisotopic (exact) mass is 243 g/mol. The molecule has 0 amide bonds. The standard InChI is InChI=1S/C15H17NO2/c1-11-4-2-3-5-12(11)9-16-14-7-6-13(10-17)15(18)8-14/h2-8,16-18H,9-10H2,1H3. The van der Waals surface area contributed by atoms with Gasteiger partial charge in [0.1, 0.15) is 5.75 Å². The number of aliphatic hydroxyl groups is 1. The van der Waals surface area contributed by atoms with E-state index in [1.807, 2.05) is 18.2 Å². The Bertz CT molecular complexity index is 538. The van der Waals surface area contributed by atoms with Crippen molar-refractivity contribution in [1.82, 2.24) is 0 Å². The average molecular weight is 243 g/mol. The predicted octanol–water partition coefficient (Wildman–Crippen LogP) is 2.81. The number of benzene rings is 2. The highest BCUT2D eigenvalue weighted by Crippen LogP contribution is 2.22. The Balaban J connectivity index is 2.07. The first-order valence-corrected chi connectivity index (χ1v) is 5.92. The molecule has 0 aliphatic rings. The summed E-state index contributed by atoms with van der Waals surface area (Å²) in [6.45, 7) is 2.64. The maximum absolute atomic E-state index is 9.64. The Hall–Kier alpha value is -2.00. The molecule has 3 heteroatoms. The van der Waals surface area contributed by atoms with E-state index in [2.05, 4.69) is 24.4 Å². The van der Waals surface area contributed by atoms with Crippen LogP contribution in [0.3, 0.4) is 0 Å². The molecule has 0 heterocycles. The SMILES string of the molecule is Cc1ccccc1CNc1ccc(CO)c(O)c1. The van der Waals surface area contributed by atoms with Crippen LogP contribution in [0.5, 0.6) is 5.75 Å². The molecule has 0 atom stereocenters. The molecule has 3 nitrogen and oxygen atoms in total. The number of hydrogen-bond donors (Lipinski definition) is 3. The van der Waals surface area contributed by atoms with Crippen LogP contribution in [-0.4, -0.2) is 10.2 Å². The molecule has 0 unspecified atom stereocenters. The van der Waals surface area contributed by atoms with E-state index in [4.69, 9.17) is 5.11 Å². The lowest BCUT2D eigenvalue weighted by molar-refractivity contribution is 0.275. The summed E-state index contributed by atoms with van der Waals surface area (Å²) in [7, 11) is 0. The van der Waals surface area contributed by atoms with Gasteiger partial charge in [-0.25, -0.2) is 0 Å². The highest BCUT2D eigenvalue weighted by atomic mass is 16.3. The molecule has 0 saturated carbocycles. The number of phenols is 1. The second kappa shape index (κ2) is 5.56. The molecule has 0 saturated heterocycles. The van der Waals surface area contributed by atoms with Crippen molar-refractivity contribution in [3.63, 3.8) is 0 Å². The summed E-state index contributed by atoms with van der Waals surface area (Å²) >= 11 is 0. The van der Waals surface area contributed by atoms with Crippen LogP contribution < -0.4 is 5.32 Å². The molecule has 0 fully saturated rings. The molecule has 0 aliphatic carbocycles. The van der Waals surface area contributed by atoms with Crippen LogP contribution in [0.1, 0.15) is 16.7 Å². The van der Waals surface area contributed by atoms with Gasteiger partial charge in [-0.05, 0) is 24.1 Å². The lowest BCUT2D eigenvalue weighted by Crippen LogP contribution is -2.01. The molecular formula is C15H17NO2. The van der Waals surface area contributed by atoms with Gasteiger partial charge in [0.15, 0.2) is 0 Å². The van der Waals surface area contributed by atoms with E-state index in [1.165, 1.54) is 11.1 Å². The van der Waals surface area contributed by atoms with E-state index in [9.17, 15) is 5.11 Å². The normalized spacial score (nSPS) is 10.3. The predicted molar refractivity (Wildman–Crippen MR) is 72.5 cm³/mol. The van der Waals surface area contributed by atoms with Gasteiger partial charge in [0.05, 0.1) is 6.61 Å². The minimum absolute atomic E-state index is 0.118. The fraction of sp³-hybridized carbons (Fsp3) is 0.200. The van der Waals surface area contributed by atoms with Crippen molar-refractivity contribution in [1.29, 1.82) is 0 Å². The van der Waals surface area contributed by atoms with Gasteiger partial charge in [-0.2, -0.15) is 0 Å². The summed E-state index contributed by atoms with van der Waals surface area (Å²) in [5.74, 6) is 0.118. The van der Waals surface area contributed by atoms with Crippen molar-refractivity contribution in [2.24, 2.45) is 0 Å². The van der Waals surface area contributed by atoms with Gasteiger partial charge < -0.3 is 15.5 Å². The third kappa shape index (κ3) is 2.81. The smallest absolute Gasteiger partial charge is 0.123 e. The molecule has 0 aliphatic heterocycles. The van der Waals surface area contributed by atoms with Crippen molar-refractivity contribution >= 4 is 5.69 Å². The van der Waals surface area contributed by atoms with Gasteiger partial charge in [-0.15, -0.1) is 0 Å². The van der Waals surface area contributed by atoms with Crippen LogP contribution in [-0.2, 0) is 13.2 Å². The number of rotatable bonds is 4. The topological polar surface area (TPSA) is 52.5 Å². The number of hydrogen-bond acceptors (Lipinski definition) is 3. The molecule has 3 N–H and O–H groups in total. The number of aryl methyl sites for hydroxylation is 1. The molecule has 18 heavy (non-hydrogen) atoms. The van der Waals surface area contributed by atoms with Gasteiger partial charge in [-0.3, -0.25) is 0 Å². The minimum atomic E-state index is -0.149. The third-order valence-corrected chi connectivity index (χ3v) is 3.00. The fourth-order valence-electron chi connectivity index (χ4n) is 1.81. The highest BCUT2D eigenvalue weighted by Gasteiger charge is 2.02. The summed E-state index contributed by atoms with van der Waals surface area (Å²) < 4.78 is 0. The Kier molecular flexibility index (Phi) is 3.85. The van der Waals surface area contributed by atoms with Crippen LogP contribution in [0, 0.1) is 6.92 Å². The summed E-state index contributed by atoms with van der Waals surface area (Å²) in [6.07, 6.45) is 0. The van der Waals surface area contributed by atoms with Crippen molar-refractivity contribution in [2.45, 2.75) is 20.1 Å². The zero-order valence-corrected chi connectivity index (χ0v) is 10.4. The summed E-state index contributed by atoms with van der Waals surface area (Å²) in [4.78, 5) is 0. The maximum Gasteiger partial charge on any atom is 0.123 e. The van der Waals surface area contributed by atoms with Crippen LogP contribution >= 0.6 is 0 Å². The van der Waals surface area contributed by atoms with Gasteiger partial charge in [0.2, 0.25) is 0 Å².